The molecule has 0 aromatic rings. The molecule has 13 heavy (non-hydrogen) atoms. The Morgan fingerprint density at radius 2 is 1.85 bits per heavy atom. The first-order valence-electron chi connectivity index (χ1n) is 4.66. The largest absolute Gasteiger partial charge is 0.389 e. The maximum atomic E-state index is 9.59. The van der Waals surface area contributed by atoms with Gasteiger partial charge in [-0.2, -0.15) is 0 Å². The van der Waals surface area contributed by atoms with E-state index in [1.54, 1.807) is 23.5 Å². The molecule has 0 aliphatic heterocycles. The second kappa shape index (κ2) is 7.77. The van der Waals surface area contributed by atoms with Gasteiger partial charge in [-0.15, -0.1) is 23.5 Å². The zero-order chi connectivity index (χ0) is 10.3. The van der Waals surface area contributed by atoms with Gasteiger partial charge >= 0.3 is 0 Å². The fraction of sp³-hybridized carbons (Fsp3) is 0.800. The fourth-order valence-electron chi connectivity index (χ4n) is 1.19. The molecule has 0 aromatic carbocycles. The molecule has 1 atom stereocenters. The summed E-state index contributed by atoms with van der Waals surface area (Å²) in [5, 5.41) is 9.59. The zero-order valence-corrected chi connectivity index (χ0v) is 10.6. The predicted molar refractivity (Wildman–Crippen MR) is 65.3 cm³/mol. The van der Waals surface area contributed by atoms with Crippen LogP contribution in [-0.2, 0) is 0 Å². The normalized spacial score (nSPS) is 12.7. The monoisotopic (exact) mass is 220 g/mol. The third kappa shape index (κ3) is 4.99. The van der Waals surface area contributed by atoms with Crippen LogP contribution in [-0.4, -0.2) is 23.7 Å². The van der Waals surface area contributed by atoms with Crippen molar-refractivity contribution in [2.45, 2.75) is 39.2 Å². The van der Waals surface area contributed by atoms with Crippen molar-refractivity contribution in [3.05, 3.63) is 9.81 Å². The van der Waals surface area contributed by atoms with E-state index in [0.717, 1.165) is 6.42 Å². The van der Waals surface area contributed by atoms with Crippen LogP contribution in [0.3, 0.4) is 0 Å². The maximum absolute atomic E-state index is 9.59. The fourth-order valence-corrected chi connectivity index (χ4v) is 2.93. The van der Waals surface area contributed by atoms with Crippen molar-refractivity contribution in [1.82, 2.24) is 0 Å². The molecule has 0 fully saturated rings. The number of aliphatic hydroxyl groups excluding tert-OH is 1. The van der Waals surface area contributed by atoms with Gasteiger partial charge in [0.2, 0.25) is 0 Å². The second-order valence-electron chi connectivity index (χ2n) is 3.00. The van der Waals surface area contributed by atoms with Crippen LogP contribution in [0.4, 0.5) is 0 Å². The lowest BCUT2D eigenvalue weighted by Gasteiger charge is -2.14. The van der Waals surface area contributed by atoms with Crippen molar-refractivity contribution in [3.63, 3.8) is 0 Å². The highest BCUT2D eigenvalue weighted by molar-refractivity contribution is 8.21. The standard InChI is InChI=1S/C10H20OS2/c1-5-6-7-9(8(2)11)10(12-3)13-4/h8,11H,5-7H2,1-4H3. The van der Waals surface area contributed by atoms with Crippen molar-refractivity contribution in [3.8, 4) is 0 Å². The smallest absolute Gasteiger partial charge is 0.0740 e. The van der Waals surface area contributed by atoms with E-state index in [1.165, 1.54) is 22.7 Å². The third-order valence-electron chi connectivity index (χ3n) is 1.94. The van der Waals surface area contributed by atoms with Crippen molar-refractivity contribution in [2.24, 2.45) is 0 Å². The Morgan fingerprint density at radius 3 is 2.15 bits per heavy atom. The van der Waals surface area contributed by atoms with Crippen LogP contribution in [0.15, 0.2) is 9.81 Å². The molecule has 0 rings (SSSR count). The van der Waals surface area contributed by atoms with E-state index in [9.17, 15) is 5.11 Å². The molecule has 0 aromatic heterocycles. The van der Waals surface area contributed by atoms with E-state index >= 15 is 0 Å². The summed E-state index contributed by atoms with van der Waals surface area (Å²) >= 11 is 3.48. The number of thioether (sulfide) groups is 2. The molecule has 0 saturated carbocycles. The Labute approximate surface area is 90.4 Å². The first kappa shape index (κ1) is 13.4. The van der Waals surface area contributed by atoms with Crippen molar-refractivity contribution in [2.75, 3.05) is 12.5 Å². The number of rotatable bonds is 6. The number of unbranched alkanes of at least 4 members (excludes halogenated alkanes) is 1. The minimum Gasteiger partial charge on any atom is -0.389 e. The Hall–Kier alpha value is 0.400. The molecule has 0 heterocycles. The quantitative estimate of drug-likeness (QED) is 0.740. The van der Waals surface area contributed by atoms with E-state index in [1.807, 2.05) is 6.92 Å². The average molecular weight is 220 g/mol. The summed E-state index contributed by atoms with van der Waals surface area (Å²) in [4.78, 5) is 0. The Morgan fingerprint density at radius 1 is 1.31 bits per heavy atom. The molecule has 0 radical (unpaired) electrons. The highest BCUT2D eigenvalue weighted by atomic mass is 32.2. The van der Waals surface area contributed by atoms with Crippen LogP contribution >= 0.6 is 23.5 Å². The average Bonchev–Trinajstić information content (AvgIpc) is 2.11. The maximum Gasteiger partial charge on any atom is 0.0740 e. The molecule has 78 valence electrons. The summed E-state index contributed by atoms with van der Waals surface area (Å²) in [6.07, 6.45) is 7.24. The molecule has 0 bridgehead atoms. The second-order valence-corrected chi connectivity index (χ2v) is 4.89. The number of hydrogen-bond donors (Lipinski definition) is 1. The van der Waals surface area contributed by atoms with Gasteiger partial charge in [-0.1, -0.05) is 13.3 Å². The lowest BCUT2D eigenvalue weighted by Crippen LogP contribution is -2.06. The van der Waals surface area contributed by atoms with Crippen molar-refractivity contribution < 1.29 is 5.11 Å². The van der Waals surface area contributed by atoms with Crippen LogP contribution in [0, 0.1) is 0 Å². The predicted octanol–water partition coefficient (Wildman–Crippen LogP) is 3.50. The summed E-state index contributed by atoms with van der Waals surface area (Å²) in [5.74, 6) is 0. The van der Waals surface area contributed by atoms with Gasteiger partial charge in [0.15, 0.2) is 0 Å². The van der Waals surface area contributed by atoms with E-state index in [0.29, 0.717) is 0 Å². The van der Waals surface area contributed by atoms with Gasteiger partial charge in [-0.05, 0) is 37.9 Å². The van der Waals surface area contributed by atoms with Crippen molar-refractivity contribution >= 4 is 23.5 Å². The third-order valence-corrected chi connectivity index (χ3v) is 4.20. The minimum atomic E-state index is -0.290. The molecule has 0 spiro atoms. The molecule has 1 unspecified atom stereocenters. The van der Waals surface area contributed by atoms with E-state index in [2.05, 4.69) is 19.4 Å². The molecule has 0 amide bonds. The Balaban J connectivity index is 4.44. The summed E-state index contributed by atoms with van der Waals surface area (Å²) < 4.78 is 1.28. The van der Waals surface area contributed by atoms with Gasteiger partial charge in [0.1, 0.15) is 0 Å². The van der Waals surface area contributed by atoms with Crippen molar-refractivity contribution in [1.29, 1.82) is 0 Å². The van der Waals surface area contributed by atoms with Crippen LogP contribution in [0.2, 0.25) is 0 Å². The Kier molecular flexibility index (Phi) is 8.01. The number of hydrogen-bond acceptors (Lipinski definition) is 3. The van der Waals surface area contributed by atoms with Gasteiger partial charge in [-0.25, -0.2) is 0 Å². The van der Waals surface area contributed by atoms with Gasteiger partial charge < -0.3 is 5.11 Å². The van der Waals surface area contributed by atoms with Gasteiger partial charge in [0.25, 0.3) is 0 Å². The number of aliphatic hydroxyl groups is 1. The van der Waals surface area contributed by atoms with E-state index < -0.39 is 0 Å². The SMILES string of the molecule is CCCCC(=C(SC)SC)C(C)O. The highest BCUT2D eigenvalue weighted by Gasteiger charge is 2.10. The van der Waals surface area contributed by atoms with Crippen LogP contribution < -0.4 is 0 Å². The van der Waals surface area contributed by atoms with Crippen LogP contribution in [0.5, 0.6) is 0 Å². The van der Waals surface area contributed by atoms with E-state index in [-0.39, 0.29) is 6.10 Å². The molecule has 1 N–H and O–H groups in total. The Bertz CT molecular complexity index is 158. The molecule has 0 aliphatic rings. The van der Waals surface area contributed by atoms with Gasteiger partial charge in [0, 0.05) is 4.24 Å². The van der Waals surface area contributed by atoms with Crippen LogP contribution in [0.25, 0.3) is 0 Å². The summed E-state index contributed by atoms with van der Waals surface area (Å²) in [5.41, 5.74) is 1.21. The molecule has 3 heteroatoms. The lowest BCUT2D eigenvalue weighted by atomic mass is 10.1. The van der Waals surface area contributed by atoms with E-state index in [4.69, 9.17) is 0 Å². The minimum absolute atomic E-state index is 0.290. The molecule has 0 saturated heterocycles. The topological polar surface area (TPSA) is 20.2 Å². The molecular weight excluding hydrogens is 200 g/mol. The van der Waals surface area contributed by atoms with Gasteiger partial charge in [-0.3, -0.25) is 0 Å². The zero-order valence-electron chi connectivity index (χ0n) is 8.96. The van der Waals surface area contributed by atoms with Gasteiger partial charge in [0.05, 0.1) is 6.10 Å². The summed E-state index contributed by atoms with van der Waals surface area (Å²) in [6, 6.07) is 0. The molecule has 1 nitrogen and oxygen atoms in total. The summed E-state index contributed by atoms with van der Waals surface area (Å²) in [6.45, 7) is 4.04. The van der Waals surface area contributed by atoms with Crippen LogP contribution in [0.1, 0.15) is 33.1 Å². The first-order chi connectivity index (χ1) is 6.17. The molecule has 0 aliphatic carbocycles. The first-order valence-corrected chi connectivity index (χ1v) is 7.11. The summed E-state index contributed by atoms with van der Waals surface area (Å²) in [7, 11) is 0. The lowest BCUT2D eigenvalue weighted by molar-refractivity contribution is 0.226. The highest BCUT2D eigenvalue weighted by Crippen LogP contribution is 2.31. The molecular formula is C10H20OS2.